The summed E-state index contributed by atoms with van der Waals surface area (Å²) in [5.74, 6) is -0.171. The maximum atomic E-state index is 13.9. The molecule has 1 aliphatic heterocycles. The maximum Gasteiger partial charge on any atom is 0.227 e. The summed E-state index contributed by atoms with van der Waals surface area (Å²) in [5, 5.41) is 9.65. The second kappa shape index (κ2) is 6.59. The average molecular weight is 334 g/mol. The van der Waals surface area contributed by atoms with Crippen molar-refractivity contribution in [3.8, 4) is 5.75 Å². The fourth-order valence-electron chi connectivity index (χ4n) is 2.99. The van der Waals surface area contributed by atoms with Crippen LogP contribution in [0.4, 0.5) is 4.39 Å². The van der Waals surface area contributed by atoms with Gasteiger partial charge in [0.05, 0.1) is 11.4 Å². The Morgan fingerprint density at radius 3 is 2.83 bits per heavy atom. The van der Waals surface area contributed by atoms with Crippen molar-refractivity contribution in [2.75, 3.05) is 13.1 Å². The minimum atomic E-state index is -0.211. The third-order valence-corrected chi connectivity index (χ3v) is 4.56. The molecule has 5 heteroatoms. The summed E-state index contributed by atoms with van der Waals surface area (Å²) in [5.41, 5.74) is 1.43. The molecule has 1 amide bonds. The van der Waals surface area contributed by atoms with Crippen LogP contribution in [0.1, 0.15) is 23.5 Å². The highest BCUT2D eigenvalue weighted by Crippen LogP contribution is 2.30. The van der Waals surface area contributed by atoms with Gasteiger partial charge in [-0.3, -0.25) is 4.79 Å². The molecule has 1 heterocycles. The first-order valence-corrected chi connectivity index (χ1v) is 7.92. The number of carbonyl (C=O) groups excluding carboxylic acids is 1. The topological polar surface area (TPSA) is 40.5 Å². The monoisotopic (exact) mass is 333 g/mol. The zero-order valence-electron chi connectivity index (χ0n) is 12.5. The van der Waals surface area contributed by atoms with Gasteiger partial charge in [0, 0.05) is 19.0 Å². The van der Waals surface area contributed by atoms with E-state index in [1.54, 1.807) is 29.2 Å². The Labute approximate surface area is 139 Å². The number of phenolic OH excluding ortho intramolecular Hbond substituents is 1. The summed E-state index contributed by atoms with van der Waals surface area (Å²) >= 11 is 5.86. The fourth-order valence-corrected chi connectivity index (χ4v) is 3.20. The van der Waals surface area contributed by atoms with Gasteiger partial charge in [0.15, 0.2) is 0 Å². The van der Waals surface area contributed by atoms with Crippen LogP contribution in [0, 0.1) is 5.82 Å². The highest BCUT2D eigenvalue weighted by Gasteiger charge is 2.28. The second-order valence-corrected chi connectivity index (χ2v) is 6.22. The molecular weight excluding hydrogens is 317 g/mol. The molecular formula is C18H17ClFNO2. The standard InChI is InChI=1S/C18H17ClFNO2/c19-15-9-12(5-6-17(15)22)10-18(23)21-8-7-13(11-21)14-3-1-2-4-16(14)20/h1-6,9,13,22H,7-8,10-11H2/t13-/m0/s1. The van der Waals surface area contributed by atoms with Crippen molar-refractivity contribution in [1.82, 2.24) is 4.90 Å². The quantitative estimate of drug-likeness (QED) is 0.929. The number of phenols is 1. The molecule has 1 N–H and O–H groups in total. The molecule has 23 heavy (non-hydrogen) atoms. The largest absolute Gasteiger partial charge is 0.506 e. The Bertz CT molecular complexity index is 735. The predicted octanol–water partition coefficient (Wildman–Crippen LogP) is 3.74. The van der Waals surface area contributed by atoms with Crippen molar-refractivity contribution in [2.45, 2.75) is 18.8 Å². The van der Waals surface area contributed by atoms with Gasteiger partial charge in [-0.05, 0) is 35.7 Å². The zero-order valence-corrected chi connectivity index (χ0v) is 13.3. The van der Waals surface area contributed by atoms with Crippen molar-refractivity contribution in [1.29, 1.82) is 0 Å². The van der Waals surface area contributed by atoms with E-state index in [-0.39, 0.29) is 34.8 Å². The van der Waals surface area contributed by atoms with Gasteiger partial charge in [0.2, 0.25) is 5.91 Å². The molecule has 0 radical (unpaired) electrons. The van der Waals surface area contributed by atoms with Crippen molar-refractivity contribution >= 4 is 17.5 Å². The summed E-state index contributed by atoms with van der Waals surface area (Å²) in [6.07, 6.45) is 0.993. The lowest BCUT2D eigenvalue weighted by Crippen LogP contribution is -2.29. The van der Waals surface area contributed by atoms with E-state index < -0.39 is 0 Å². The van der Waals surface area contributed by atoms with Crippen LogP contribution in [0.5, 0.6) is 5.75 Å². The molecule has 3 nitrogen and oxygen atoms in total. The lowest BCUT2D eigenvalue weighted by atomic mass is 9.98. The molecule has 0 aliphatic carbocycles. The summed E-state index contributed by atoms with van der Waals surface area (Å²) in [7, 11) is 0. The van der Waals surface area contributed by atoms with Crippen LogP contribution in [-0.2, 0) is 11.2 Å². The second-order valence-electron chi connectivity index (χ2n) is 5.81. The molecule has 1 aliphatic rings. The summed E-state index contributed by atoms with van der Waals surface area (Å²) in [4.78, 5) is 14.2. The smallest absolute Gasteiger partial charge is 0.227 e. The Morgan fingerprint density at radius 2 is 2.09 bits per heavy atom. The highest BCUT2D eigenvalue weighted by molar-refractivity contribution is 6.32. The van der Waals surface area contributed by atoms with Crippen molar-refractivity contribution in [3.05, 3.63) is 64.4 Å². The van der Waals surface area contributed by atoms with Gasteiger partial charge in [0.25, 0.3) is 0 Å². The number of aromatic hydroxyl groups is 1. The lowest BCUT2D eigenvalue weighted by Gasteiger charge is -2.17. The molecule has 0 unspecified atom stereocenters. The third-order valence-electron chi connectivity index (χ3n) is 4.25. The number of nitrogens with zero attached hydrogens (tertiary/aromatic N) is 1. The first kappa shape index (κ1) is 15.8. The van der Waals surface area contributed by atoms with E-state index in [2.05, 4.69) is 0 Å². The molecule has 0 bridgehead atoms. The van der Waals surface area contributed by atoms with Gasteiger partial charge in [-0.15, -0.1) is 0 Å². The van der Waals surface area contributed by atoms with Crippen molar-refractivity contribution < 1.29 is 14.3 Å². The Kier molecular flexibility index (Phi) is 4.53. The van der Waals surface area contributed by atoms with Gasteiger partial charge in [-0.25, -0.2) is 4.39 Å². The van der Waals surface area contributed by atoms with Gasteiger partial charge in [-0.1, -0.05) is 35.9 Å². The molecule has 1 saturated heterocycles. The molecule has 2 aromatic carbocycles. The van der Waals surface area contributed by atoms with E-state index in [0.717, 1.165) is 12.0 Å². The van der Waals surface area contributed by atoms with Gasteiger partial charge >= 0.3 is 0 Å². The average Bonchev–Trinajstić information content (AvgIpc) is 3.01. The van der Waals surface area contributed by atoms with E-state index in [9.17, 15) is 14.3 Å². The molecule has 0 spiro atoms. The number of benzene rings is 2. The first-order chi connectivity index (χ1) is 11.0. The third kappa shape index (κ3) is 3.48. The van der Waals surface area contributed by atoms with Crippen LogP contribution < -0.4 is 0 Å². The SMILES string of the molecule is O=C(Cc1ccc(O)c(Cl)c1)N1CC[C@H](c2ccccc2F)C1. The van der Waals surface area contributed by atoms with Crippen molar-refractivity contribution in [2.24, 2.45) is 0 Å². The Hall–Kier alpha value is -2.07. The minimum Gasteiger partial charge on any atom is -0.506 e. The van der Waals surface area contributed by atoms with Gasteiger partial charge in [0.1, 0.15) is 11.6 Å². The van der Waals surface area contributed by atoms with E-state index >= 15 is 0 Å². The Balaban J connectivity index is 1.65. The molecule has 1 fully saturated rings. The van der Waals surface area contributed by atoms with Crippen LogP contribution in [-0.4, -0.2) is 29.0 Å². The number of hydrogen-bond donors (Lipinski definition) is 1. The highest BCUT2D eigenvalue weighted by atomic mass is 35.5. The van der Waals surface area contributed by atoms with Crippen LogP contribution in [0.2, 0.25) is 5.02 Å². The molecule has 1 atom stereocenters. The predicted molar refractivity (Wildman–Crippen MR) is 87.2 cm³/mol. The lowest BCUT2D eigenvalue weighted by molar-refractivity contribution is -0.129. The number of halogens is 2. The van der Waals surface area contributed by atoms with E-state index in [4.69, 9.17) is 11.6 Å². The summed E-state index contributed by atoms with van der Waals surface area (Å²) in [6.45, 7) is 1.16. The molecule has 2 aromatic rings. The first-order valence-electron chi connectivity index (χ1n) is 7.54. The van der Waals surface area contributed by atoms with E-state index in [0.29, 0.717) is 18.7 Å². The minimum absolute atomic E-state index is 0.00338. The Morgan fingerprint density at radius 1 is 1.30 bits per heavy atom. The number of rotatable bonds is 3. The maximum absolute atomic E-state index is 13.9. The van der Waals surface area contributed by atoms with E-state index in [1.165, 1.54) is 12.1 Å². The summed E-state index contributed by atoms with van der Waals surface area (Å²) < 4.78 is 13.9. The molecule has 0 aromatic heterocycles. The van der Waals surface area contributed by atoms with Crippen LogP contribution in [0.15, 0.2) is 42.5 Å². The van der Waals surface area contributed by atoms with E-state index in [1.807, 2.05) is 6.07 Å². The molecule has 3 rings (SSSR count). The number of hydrogen-bond acceptors (Lipinski definition) is 2. The van der Waals surface area contributed by atoms with Crippen LogP contribution in [0.25, 0.3) is 0 Å². The number of amides is 1. The normalized spacial score (nSPS) is 17.5. The van der Waals surface area contributed by atoms with Crippen molar-refractivity contribution in [3.63, 3.8) is 0 Å². The fraction of sp³-hybridized carbons (Fsp3) is 0.278. The van der Waals surface area contributed by atoms with Gasteiger partial charge in [-0.2, -0.15) is 0 Å². The number of carbonyl (C=O) groups is 1. The molecule has 120 valence electrons. The van der Waals surface area contributed by atoms with Gasteiger partial charge < -0.3 is 10.0 Å². The number of likely N-dealkylation sites (tertiary alicyclic amines) is 1. The van der Waals surface area contributed by atoms with Crippen LogP contribution in [0.3, 0.4) is 0 Å². The van der Waals surface area contributed by atoms with Crippen LogP contribution >= 0.6 is 11.6 Å². The molecule has 0 saturated carbocycles. The zero-order chi connectivity index (χ0) is 16.4. The summed E-state index contributed by atoms with van der Waals surface area (Å²) in [6, 6.07) is 11.5.